The van der Waals surface area contributed by atoms with Gasteiger partial charge in [0.2, 0.25) is 0 Å². The molecule has 164 valence electrons. The highest BCUT2D eigenvalue weighted by Crippen LogP contribution is 2.27. The van der Waals surface area contributed by atoms with Crippen LogP contribution in [-0.2, 0) is 6.54 Å². The quantitative estimate of drug-likeness (QED) is 0.450. The molecule has 0 radical (unpaired) electrons. The minimum Gasteiger partial charge on any atom is -0.320 e. The summed E-state index contributed by atoms with van der Waals surface area (Å²) in [5.41, 5.74) is 2.95. The molecule has 0 bridgehead atoms. The van der Waals surface area contributed by atoms with E-state index in [1.165, 1.54) is 0 Å². The number of nitrogens with one attached hydrogen (secondary N) is 2. The normalized spacial score (nSPS) is 13.8. The Balaban J connectivity index is 1.44. The van der Waals surface area contributed by atoms with Gasteiger partial charge >= 0.3 is 12.1 Å². The summed E-state index contributed by atoms with van der Waals surface area (Å²) in [6, 6.07) is 21.4. The zero-order valence-electron chi connectivity index (χ0n) is 17.2. The lowest BCUT2D eigenvalue weighted by atomic mass is 10.1. The van der Waals surface area contributed by atoms with Crippen LogP contribution in [-0.4, -0.2) is 30.1 Å². The predicted octanol–water partition coefficient (Wildman–Crippen LogP) is 6.47. The second kappa shape index (κ2) is 9.94. The summed E-state index contributed by atoms with van der Waals surface area (Å²) in [7, 11) is 0. The summed E-state index contributed by atoms with van der Waals surface area (Å²) in [5.74, 6) is 0. The van der Waals surface area contributed by atoms with Gasteiger partial charge in [0, 0.05) is 36.7 Å². The van der Waals surface area contributed by atoms with Crippen LogP contribution in [0.1, 0.15) is 12.0 Å². The number of rotatable bonds is 5. The van der Waals surface area contributed by atoms with Crippen molar-refractivity contribution in [1.82, 2.24) is 4.90 Å². The smallest absolute Gasteiger partial charge is 0.320 e. The van der Waals surface area contributed by atoms with Crippen molar-refractivity contribution in [3.8, 4) is 0 Å². The Bertz CT molecular complexity index is 1120. The first-order chi connectivity index (χ1) is 15.5. The molecule has 0 aromatic heterocycles. The number of anilines is 3. The van der Waals surface area contributed by atoms with Crippen molar-refractivity contribution in [2.45, 2.75) is 13.0 Å². The van der Waals surface area contributed by atoms with Gasteiger partial charge in [-0.1, -0.05) is 53.5 Å². The number of para-hydroxylation sites is 1. The lowest BCUT2D eigenvalue weighted by Gasteiger charge is -2.36. The monoisotopic (exact) mass is 468 g/mol. The van der Waals surface area contributed by atoms with Crippen LogP contribution in [0.3, 0.4) is 0 Å². The van der Waals surface area contributed by atoms with Gasteiger partial charge in [-0.15, -0.1) is 0 Å². The molecule has 0 spiro atoms. The first kappa shape index (κ1) is 22.0. The topological polar surface area (TPSA) is 64.7 Å². The SMILES string of the molecule is O=C(Nc1ccccc1)Nc1cccc(N2CCCN(Cc3ccc(Cl)c(Cl)c3)C2=O)c1. The largest absolute Gasteiger partial charge is 0.324 e. The maximum absolute atomic E-state index is 13.1. The van der Waals surface area contributed by atoms with E-state index in [0.29, 0.717) is 41.1 Å². The molecule has 1 aliphatic heterocycles. The van der Waals surface area contributed by atoms with Crippen molar-refractivity contribution in [1.29, 1.82) is 0 Å². The van der Waals surface area contributed by atoms with Crippen LogP contribution in [0.5, 0.6) is 0 Å². The molecule has 32 heavy (non-hydrogen) atoms. The average Bonchev–Trinajstić information content (AvgIpc) is 2.78. The van der Waals surface area contributed by atoms with Gasteiger partial charge in [-0.2, -0.15) is 0 Å². The second-order valence-corrected chi connectivity index (χ2v) is 8.27. The zero-order valence-corrected chi connectivity index (χ0v) is 18.7. The third-order valence-corrected chi connectivity index (χ3v) is 5.86. The highest BCUT2D eigenvalue weighted by atomic mass is 35.5. The Morgan fingerprint density at radius 2 is 1.59 bits per heavy atom. The number of halogens is 2. The van der Waals surface area contributed by atoms with Crippen LogP contribution in [0.25, 0.3) is 0 Å². The number of urea groups is 2. The van der Waals surface area contributed by atoms with Crippen LogP contribution >= 0.6 is 23.2 Å². The molecule has 8 heteroatoms. The molecule has 0 aliphatic carbocycles. The van der Waals surface area contributed by atoms with E-state index in [9.17, 15) is 9.59 Å². The Hall–Kier alpha value is -3.22. The van der Waals surface area contributed by atoms with E-state index < -0.39 is 0 Å². The van der Waals surface area contributed by atoms with Gasteiger partial charge in [0.25, 0.3) is 0 Å². The molecule has 1 heterocycles. The van der Waals surface area contributed by atoms with Crippen LogP contribution in [0.15, 0.2) is 72.8 Å². The van der Waals surface area contributed by atoms with Gasteiger partial charge in [0.05, 0.1) is 10.0 Å². The number of amides is 4. The molecule has 6 nitrogen and oxygen atoms in total. The first-order valence-electron chi connectivity index (χ1n) is 10.2. The fourth-order valence-corrected chi connectivity index (χ4v) is 3.91. The maximum Gasteiger partial charge on any atom is 0.324 e. The van der Waals surface area contributed by atoms with Crippen molar-refractivity contribution in [3.63, 3.8) is 0 Å². The number of benzene rings is 3. The number of hydrogen-bond donors (Lipinski definition) is 2. The summed E-state index contributed by atoms with van der Waals surface area (Å²) < 4.78 is 0. The standard InChI is InChI=1S/C24H22Cl2N4O2/c25-21-11-10-17(14-22(21)26)16-29-12-5-13-30(24(29)32)20-9-4-8-19(15-20)28-23(31)27-18-6-2-1-3-7-18/h1-4,6-11,14-15H,5,12-13,16H2,(H2,27,28,31). The summed E-state index contributed by atoms with van der Waals surface area (Å²) in [6.07, 6.45) is 0.833. The molecule has 1 aliphatic rings. The minimum absolute atomic E-state index is 0.0896. The molecule has 1 saturated heterocycles. The fraction of sp³-hybridized carbons (Fsp3) is 0.167. The number of nitrogens with zero attached hydrogens (tertiary/aromatic N) is 2. The highest BCUT2D eigenvalue weighted by molar-refractivity contribution is 6.42. The summed E-state index contributed by atoms with van der Waals surface area (Å²) in [4.78, 5) is 29.0. The maximum atomic E-state index is 13.1. The third kappa shape index (κ3) is 5.33. The van der Waals surface area contributed by atoms with Crippen LogP contribution in [0.4, 0.5) is 26.7 Å². The lowest BCUT2D eigenvalue weighted by molar-refractivity contribution is 0.192. The van der Waals surface area contributed by atoms with E-state index in [1.54, 1.807) is 34.1 Å². The van der Waals surface area contributed by atoms with Crippen LogP contribution in [0, 0.1) is 0 Å². The Morgan fingerprint density at radius 1 is 0.844 bits per heavy atom. The summed E-state index contributed by atoms with van der Waals surface area (Å²) in [6.45, 7) is 1.72. The van der Waals surface area contributed by atoms with E-state index in [-0.39, 0.29) is 12.1 Å². The Kier molecular flexibility index (Phi) is 6.83. The molecule has 0 saturated carbocycles. The van der Waals surface area contributed by atoms with Crippen molar-refractivity contribution >= 4 is 52.3 Å². The van der Waals surface area contributed by atoms with Crippen molar-refractivity contribution in [3.05, 3.63) is 88.4 Å². The Labute approximate surface area is 196 Å². The highest BCUT2D eigenvalue weighted by Gasteiger charge is 2.27. The molecule has 0 atom stereocenters. The molecule has 3 aromatic rings. The molecule has 4 amide bonds. The number of carbonyl (C=O) groups excluding carboxylic acids is 2. The van der Waals surface area contributed by atoms with Gasteiger partial charge in [0.15, 0.2) is 0 Å². The van der Waals surface area contributed by atoms with Gasteiger partial charge in [0.1, 0.15) is 0 Å². The average molecular weight is 469 g/mol. The summed E-state index contributed by atoms with van der Waals surface area (Å²) >= 11 is 12.1. The summed E-state index contributed by atoms with van der Waals surface area (Å²) in [5, 5.41) is 6.56. The van der Waals surface area contributed by atoms with Crippen molar-refractivity contribution < 1.29 is 9.59 Å². The number of hydrogen-bond acceptors (Lipinski definition) is 2. The van der Waals surface area contributed by atoms with Gasteiger partial charge < -0.3 is 15.5 Å². The molecule has 2 N–H and O–H groups in total. The van der Waals surface area contributed by atoms with E-state index in [0.717, 1.165) is 17.7 Å². The predicted molar refractivity (Wildman–Crippen MR) is 130 cm³/mol. The van der Waals surface area contributed by atoms with Gasteiger partial charge in [-0.25, -0.2) is 9.59 Å². The Morgan fingerprint density at radius 3 is 2.38 bits per heavy atom. The van der Waals surface area contributed by atoms with E-state index in [4.69, 9.17) is 23.2 Å². The lowest BCUT2D eigenvalue weighted by Crippen LogP contribution is -2.49. The third-order valence-electron chi connectivity index (χ3n) is 5.12. The molecular formula is C24H22Cl2N4O2. The molecule has 0 unspecified atom stereocenters. The number of carbonyl (C=O) groups is 2. The van der Waals surface area contributed by atoms with Crippen LogP contribution in [0.2, 0.25) is 10.0 Å². The van der Waals surface area contributed by atoms with E-state index in [1.807, 2.05) is 48.5 Å². The van der Waals surface area contributed by atoms with E-state index in [2.05, 4.69) is 10.6 Å². The first-order valence-corrected chi connectivity index (χ1v) is 11.0. The minimum atomic E-state index is -0.348. The molecule has 3 aromatic carbocycles. The van der Waals surface area contributed by atoms with Gasteiger partial charge in [-0.05, 0) is 54.4 Å². The van der Waals surface area contributed by atoms with Crippen molar-refractivity contribution in [2.75, 3.05) is 28.6 Å². The van der Waals surface area contributed by atoms with Crippen molar-refractivity contribution in [2.24, 2.45) is 0 Å². The molecule has 1 fully saturated rings. The van der Waals surface area contributed by atoms with E-state index >= 15 is 0 Å². The van der Waals surface area contributed by atoms with Gasteiger partial charge in [-0.3, -0.25) is 4.90 Å². The molecular weight excluding hydrogens is 447 g/mol. The fourth-order valence-electron chi connectivity index (χ4n) is 3.59. The van der Waals surface area contributed by atoms with Crippen LogP contribution < -0.4 is 15.5 Å². The zero-order chi connectivity index (χ0) is 22.5. The second-order valence-electron chi connectivity index (χ2n) is 7.45. The molecule has 4 rings (SSSR count).